The number of hydrogen-bond donors (Lipinski definition) is 2. The van der Waals surface area contributed by atoms with Gasteiger partial charge in [0.25, 0.3) is 11.6 Å². The number of carbonyl (C=O) groups excluding carboxylic acids is 1. The lowest BCUT2D eigenvalue weighted by molar-refractivity contribution is -0.384. The Morgan fingerprint density at radius 1 is 1.12 bits per heavy atom. The fraction of sp³-hybridized carbons (Fsp3) is 0.316. The normalized spacial score (nSPS) is 11.8. The van der Waals surface area contributed by atoms with Gasteiger partial charge in [0.15, 0.2) is 0 Å². The predicted molar refractivity (Wildman–Crippen MR) is 98.6 cm³/mol. The van der Waals surface area contributed by atoms with Crippen LogP contribution >= 0.6 is 0 Å². The summed E-state index contributed by atoms with van der Waals surface area (Å²) in [5.74, 6) is -0.0235. The van der Waals surface area contributed by atoms with Crippen molar-refractivity contribution in [1.29, 1.82) is 0 Å². The molecular weight excluding hydrogens is 318 g/mol. The van der Waals surface area contributed by atoms with E-state index in [2.05, 4.69) is 10.6 Å². The molecule has 0 radical (unpaired) electrons. The van der Waals surface area contributed by atoms with Gasteiger partial charge < -0.3 is 10.6 Å². The van der Waals surface area contributed by atoms with E-state index in [1.165, 1.54) is 6.07 Å². The van der Waals surface area contributed by atoms with Crippen molar-refractivity contribution in [2.24, 2.45) is 5.92 Å². The zero-order valence-electron chi connectivity index (χ0n) is 14.7. The first-order valence-corrected chi connectivity index (χ1v) is 8.25. The summed E-state index contributed by atoms with van der Waals surface area (Å²) in [5, 5.41) is 17.3. The van der Waals surface area contributed by atoms with Crippen molar-refractivity contribution in [3.05, 3.63) is 69.8 Å². The maximum Gasteiger partial charge on any atom is 0.293 e. The van der Waals surface area contributed by atoms with E-state index in [0.29, 0.717) is 12.2 Å². The molecule has 0 heterocycles. The molecule has 2 aromatic carbocycles. The van der Waals surface area contributed by atoms with Crippen LogP contribution in [0.5, 0.6) is 0 Å². The van der Waals surface area contributed by atoms with Gasteiger partial charge in [0.05, 0.1) is 4.92 Å². The number of rotatable bonds is 7. The Morgan fingerprint density at radius 3 is 2.40 bits per heavy atom. The van der Waals surface area contributed by atoms with Crippen molar-refractivity contribution in [2.75, 3.05) is 5.32 Å². The van der Waals surface area contributed by atoms with E-state index in [4.69, 9.17) is 0 Å². The molecule has 2 N–H and O–H groups in total. The zero-order chi connectivity index (χ0) is 18.4. The van der Waals surface area contributed by atoms with Gasteiger partial charge in [-0.3, -0.25) is 14.9 Å². The van der Waals surface area contributed by atoms with E-state index in [1.54, 1.807) is 12.1 Å². The fourth-order valence-corrected chi connectivity index (χ4v) is 2.22. The van der Waals surface area contributed by atoms with Gasteiger partial charge in [0.2, 0.25) is 0 Å². The maximum atomic E-state index is 12.3. The monoisotopic (exact) mass is 341 g/mol. The van der Waals surface area contributed by atoms with Gasteiger partial charge in [-0.15, -0.1) is 0 Å². The van der Waals surface area contributed by atoms with Crippen LogP contribution in [0.25, 0.3) is 0 Å². The molecule has 1 atom stereocenters. The number of nitro benzene ring substituents is 1. The van der Waals surface area contributed by atoms with Crippen LogP contribution in [0, 0.1) is 16.0 Å². The summed E-state index contributed by atoms with van der Waals surface area (Å²) >= 11 is 0. The molecule has 6 heteroatoms. The first-order chi connectivity index (χ1) is 11.9. The highest BCUT2D eigenvalue weighted by molar-refractivity contribution is 5.95. The number of nitrogens with zero attached hydrogens (tertiary/aromatic N) is 1. The molecule has 0 aliphatic heterocycles. The Balaban J connectivity index is 2.17. The van der Waals surface area contributed by atoms with Crippen molar-refractivity contribution >= 4 is 17.3 Å². The summed E-state index contributed by atoms with van der Waals surface area (Å²) in [7, 11) is 0. The van der Waals surface area contributed by atoms with Crippen molar-refractivity contribution in [1.82, 2.24) is 5.32 Å². The number of anilines is 1. The highest BCUT2D eigenvalue weighted by Gasteiger charge is 2.19. The standard InChI is InChI=1S/C19H23N3O3/c1-13(2)14(3)21-19(23)16-9-10-17(18(11-16)22(24)25)20-12-15-7-5-4-6-8-15/h4-11,13-14,20H,12H2,1-3H3,(H,21,23). The van der Waals surface area contributed by atoms with Crippen LogP contribution in [-0.2, 0) is 6.54 Å². The summed E-state index contributed by atoms with van der Waals surface area (Å²) in [6, 6.07) is 14.1. The van der Waals surface area contributed by atoms with Crippen LogP contribution in [0.2, 0.25) is 0 Å². The highest BCUT2D eigenvalue weighted by Crippen LogP contribution is 2.26. The molecule has 6 nitrogen and oxygen atoms in total. The lowest BCUT2D eigenvalue weighted by atomic mass is 10.1. The maximum absolute atomic E-state index is 12.3. The molecule has 1 amide bonds. The first kappa shape index (κ1) is 18.4. The molecule has 0 saturated carbocycles. The van der Waals surface area contributed by atoms with Crippen molar-refractivity contribution in [3.63, 3.8) is 0 Å². The number of hydrogen-bond acceptors (Lipinski definition) is 4. The number of benzene rings is 2. The van der Waals surface area contributed by atoms with Crippen LogP contribution in [0.3, 0.4) is 0 Å². The molecule has 0 fully saturated rings. The fourth-order valence-electron chi connectivity index (χ4n) is 2.22. The van der Waals surface area contributed by atoms with Gasteiger partial charge in [-0.1, -0.05) is 44.2 Å². The zero-order valence-corrected chi connectivity index (χ0v) is 14.7. The van der Waals surface area contributed by atoms with E-state index in [9.17, 15) is 14.9 Å². The van der Waals surface area contributed by atoms with E-state index < -0.39 is 4.92 Å². The van der Waals surface area contributed by atoms with Crippen LogP contribution in [0.4, 0.5) is 11.4 Å². The molecule has 2 aromatic rings. The number of nitrogens with one attached hydrogen (secondary N) is 2. The topological polar surface area (TPSA) is 84.3 Å². The number of nitro groups is 1. The SMILES string of the molecule is CC(C)C(C)NC(=O)c1ccc(NCc2ccccc2)c([N+](=O)[O-])c1. The summed E-state index contributed by atoms with van der Waals surface area (Å²) in [4.78, 5) is 23.2. The lowest BCUT2D eigenvalue weighted by Gasteiger charge is -2.17. The van der Waals surface area contributed by atoms with Crippen molar-refractivity contribution in [2.45, 2.75) is 33.4 Å². The Bertz CT molecular complexity index is 745. The molecule has 0 saturated heterocycles. The number of carbonyl (C=O) groups is 1. The van der Waals surface area contributed by atoms with Crippen LogP contribution in [0.15, 0.2) is 48.5 Å². The summed E-state index contributed by atoms with van der Waals surface area (Å²) in [5.41, 5.74) is 1.58. The molecule has 25 heavy (non-hydrogen) atoms. The van der Waals surface area contributed by atoms with Crippen LogP contribution < -0.4 is 10.6 Å². The van der Waals surface area contributed by atoms with E-state index >= 15 is 0 Å². The van der Waals surface area contributed by atoms with E-state index in [-0.39, 0.29) is 29.1 Å². The molecule has 2 rings (SSSR count). The Labute approximate surface area is 147 Å². The Kier molecular flexibility index (Phi) is 6.11. The molecule has 0 bridgehead atoms. The minimum absolute atomic E-state index is 0.0116. The Hall–Kier alpha value is -2.89. The van der Waals surface area contributed by atoms with Gasteiger partial charge in [-0.25, -0.2) is 0 Å². The molecule has 0 spiro atoms. The predicted octanol–water partition coefficient (Wildman–Crippen LogP) is 3.98. The van der Waals surface area contributed by atoms with Crippen molar-refractivity contribution < 1.29 is 9.72 Å². The average molecular weight is 341 g/mol. The van der Waals surface area contributed by atoms with Gasteiger partial charge in [-0.2, -0.15) is 0 Å². The molecule has 0 aromatic heterocycles. The van der Waals surface area contributed by atoms with Crippen LogP contribution in [-0.4, -0.2) is 16.9 Å². The second kappa shape index (κ2) is 8.28. The van der Waals surface area contributed by atoms with E-state index in [1.807, 2.05) is 51.1 Å². The molecule has 1 unspecified atom stereocenters. The quantitative estimate of drug-likeness (QED) is 0.589. The van der Waals surface area contributed by atoms with Gasteiger partial charge in [0.1, 0.15) is 5.69 Å². The summed E-state index contributed by atoms with van der Waals surface area (Å²) in [6.45, 7) is 6.39. The van der Waals surface area contributed by atoms with Gasteiger partial charge in [-0.05, 0) is 30.5 Å². The molecule has 0 aliphatic rings. The summed E-state index contributed by atoms with van der Waals surface area (Å²) in [6.07, 6.45) is 0. The lowest BCUT2D eigenvalue weighted by Crippen LogP contribution is -2.36. The first-order valence-electron chi connectivity index (χ1n) is 8.25. The third kappa shape index (κ3) is 5.04. The van der Waals surface area contributed by atoms with Crippen molar-refractivity contribution in [3.8, 4) is 0 Å². The highest BCUT2D eigenvalue weighted by atomic mass is 16.6. The second-order valence-electron chi connectivity index (χ2n) is 6.33. The Morgan fingerprint density at radius 2 is 1.80 bits per heavy atom. The minimum atomic E-state index is -0.476. The van der Waals surface area contributed by atoms with Crippen LogP contribution in [0.1, 0.15) is 36.7 Å². The average Bonchev–Trinajstić information content (AvgIpc) is 2.60. The summed E-state index contributed by atoms with van der Waals surface area (Å²) < 4.78 is 0. The van der Waals surface area contributed by atoms with Gasteiger partial charge in [0, 0.05) is 24.2 Å². The van der Waals surface area contributed by atoms with E-state index in [0.717, 1.165) is 5.56 Å². The third-order valence-corrected chi connectivity index (χ3v) is 4.14. The molecular formula is C19H23N3O3. The molecule has 0 aliphatic carbocycles. The van der Waals surface area contributed by atoms with Gasteiger partial charge >= 0.3 is 0 Å². The minimum Gasteiger partial charge on any atom is -0.375 e. The number of amides is 1. The third-order valence-electron chi connectivity index (χ3n) is 4.14. The smallest absolute Gasteiger partial charge is 0.293 e. The second-order valence-corrected chi connectivity index (χ2v) is 6.33. The largest absolute Gasteiger partial charge is 0.375 e. The molecule has 132 valence electrons.